The number of carbonyl (C=O) groups excluding carboxylic acids is 1. The lowest BCUT2D eigenvalue weighted by atomic mass is 10.2. The van der Waals surface area contributed by atoms with Crippen molar-refractivity contribution in [2.75, 3.05) is 19.0 Å². The quantitative estimate of drug-likeness (QED) is 0.282. The molecule has 0 aliphatic heterocycles. The fraction of sp³-hybridized carbons (Fsp3) is 0.0833. The Morgan fingerprint density at radius 2 is 1.77 bits per heavy atom. The summed E-state index contributed by atoms with van der Waals surface area (Å²) < 4.78 is 6.77. The van der Waals surface area contributed by atoms with Crippen molar-refractivity contribution in [2.45, 2.75) is 0 Å². The van der Waals surface area contributed by atoms with Gasteiger partial charge in [0, 0.05) is 29.9 Å². The highest BCUT2D eigenvalue weighted by molar-refractivity contribution is 7.21. The minimum Gasteiger partial charge on any atom is -0.457 e. The molecule has 1 heterocycles. The molecule has 0 fully saturated rings. The maximum absolute atomic E-state index is 12.6. The number of halogens is 1. The van der Waals surface area contributed by atoms with Crippen molar-refractivity contribution < 1.29 is 9.53 Å². The third kappa shape index (κ3) is 4.87. The summed E-state index contributed by atoms with van der Waals surface area (Å²) in [6.45, 7) is 0. The van der Waals surface area contributed by atoms with Gasteiger partial charge in [-0.2, -0.15) is 5.10 Å². The summed E-state index contributed by atoms with van der Waals surface area (Å²) >= 11 is 7.83. The molecule has 1 aromatic heterocycles. The van der Waals surface area contributed by atoms with Crippen LogP contribution in [-0.2, 0) is 0 Å². The largest absolute Gasteiger partial charge is 0.457 e. The number of nitrogens with zero attached hydrogens (tertiary/aromatic N) is 2. The maximum atomic E-state index is 12.6. The van der Waals surface area contributed by atoms with E-state index in [1.54, 1.807) is 6.21 Å². The standard InChI is InChI=1S/C24H20ClN3O2S/c1-28(2)17-10-8-16(9-11-17)15-26-27-24(29)23-22(25)20-14-19(12-13-21(20)31-23)30-18-6-4-3-5-7-18/h3-15H,1-2H3,(H,27,29)/b26-15+. The Kier molecular flexibility index (Phi) is 6.21. The molecule has 4 aromatic rings. The smallest absolute Gasteiger partial charge is 0.283 e. The molecular formula is C24H20ClN3O2S. The lowest BCUT2D eigenvalue weighted by molar-refractivity contribution is 0.0959. The van der Waals surface area contributed by atoms with Crippen LogP contribution in [-0.4, -0.2) is 26.2 Å². The lowest BCUT2D eigenvalue weighted by Gasteiger charge is -2.11. The van der Waals surface area contributed by atoms with Gasteiger partial charge in [0.2, 0.25) is 0 Å². The summed E-state index contributed by atoms with van der Waals surface area (Å²) in [5, 5.41) is 5.22. The van der Waals surface area contributed by atoms with Crippen molar-refractivity contribution in [2.24, 2.45) is 5.10 Å². The fourth-order valence-corrected chi connectivity index (χ4v) is 4.33. The van der Waals surface area contributed by atoms with Crippen LogP contribution in [0.4, 0.5) is 5.69 Å². The second-order valence-electron chi connectivity index (χ2n) is 7.00. The van der Waals surface area contributed by atoms with Gasteiger partial charge in [0.15, 0.2) is 0 Å². The number of thiophene rings is 1. The number of rotatable bonds is 6. The first-order valence-corrected chi connectivity index (χ1v) is 10.8. The normalized spacial score (nSPS) is 11.1. The Bertz CT molecular complexity index is 1240. The van der Waals surface area contributed by atoms with Gasteiger partial charge in [-0.05, 0) is 48.0 Å². The van der Waals surface area contributed by atoms with Crippen molar-refractivity contribution in [1.29, 1.82) is 0 Å². The minimum absolute atomic E-state index is 0.349. The Labute approximate surface area is 189 Å². The van der Waals surface area contributed by atoms with E-state index in [4.69, 9.17) is 16.3 Å². The molecule has 4 rings (SSSR count). The molecule has 1 amide bonds. The molecule has 31 heavy (non-hydrogen) atoms. The Morgan fingerprint density at radius 3 is 2.48 bits per heavy atom. The molecule has 0 aliphatic rings. The monoisotopic (exact) mass is 449 g/mol. The summed E-state index contributed by atoms with van der Waals surface area (Å²) in [5.41, 5.74) is 4.53. The number of hydrogen-bond acceptors (Lipinski definition) is 5. The molecule has 0 aliphatic carbocycles. The van der Waals surface area contributed by atoms with E-state index in [0.717, 1.165) is 27.1 Å². The van der Waals surface area contributed by atoms with Crippen LogP contribution in [0.2, 0.25) is 5.02 Å². The summed E-state index contributed by atoms with van der Waals surface area (Å²) in [4.78, 5) is 15.0. The van der Waals surface area contributed by atoms with Gasteiger partial charge in [0.25, 0.3) is 5.91 Å². The highest BCUT2D eigenvalue weighted by atomic mass is 35.5. The highest BCUT2D eigenvalue weighted by Gasteiger charge is 2.17. The first-order chi connectivity index (χ1) is 15.0. The second-order valence-corrected chi connectivity index (χ2v) is 8.43. The summed E-state index contributed by atoms with van der Waals surface area (Å²) in [7, 11) is 3.96. The number of ether oxygens (including phenoxy) is 1. The Balaban J connectivity index is 1.48. The molecule has 1 N–H and O–H groups in total. The molecule has 0 unspecified atom stereocenters. The second kappa shape index (κ2) is 9.20. The van der Waals surface area contributed by atoms with E-state index in [-0.39, 0.29) is 5.91 Å². The zero-order valence-electron chi connectivity index (χ0n) is 17.0. The van der Waals surface area contributed by atoms with E-state index in [1.165, 1.54) is 11.3 Å². The van der Waals surface area contributed by atoms with Gasteiger partial charge in [-0.15, -0.1) is 11.3 Å². The number of benzene rings is 3. The first-order valence-electron chi connectivity index (χ1n) is 9.57. The molecule has 3 aromatic carbocycles. The predicted molar refractivity (Wildman–Crippen MR) is 129 cm³/mol. The van der Waals surface area contributed by atoms with Gasteiger partial charge in [-0.25, -0.2) is 5.43 Å². The molecular weight excluding hydrogens is 430 g/mol. The van der Waals surface area contributed by atoms with Crippen molar-refractivity contribution in [3.63, 3.8) is 0 Å². The van der Waals surface area contributed by atoms with Crippen LogP contribution in [0.25, 0.3) is 10.1 Å². The van der Waals surface area contributed by atoms with Crippen molar-refractivity contribution in [1.82, 2.24) is 5.43 Å². The third-order valence-corrected chi connectivity index (χ3v) is 6.25. The topological polar surface area (TPSA) is 53.9 Å². The molecule has 0 saturated heterocycles. The average Bonchev–Trinajstić information content (AvgIpc) is 3.11. The van der Waals surface area contributed by atoms with E-state index in [0.29, 0.717) is 15.6 Å². The first kappa shape index (κ1) is 20.9. The van der Waals surface area contributed by atoms with E-state index in [1.807, 2.05) is 91.8 Å². The Morgan fingerprint density at radius 1 is 1.03 bits per heavy atom. The maximum Gasteiger partial charge on any atom is 0.283 e. The number of hydrazone groups is 1. The van der Waals surface area contributed by atoms with Crippen LogP contribution >= 0.6 is 22.9 Å². The van der Waals surface area contributed by atoms with E-state index >= 15 is 0 Å². The third-order valence-electron chi connectivity index (χ3n) is 4.57. The van der Waals surface area contributed by atoms with Crippen LogP contribution in [0.15, 0.2) is 77.9 Å². The zero-order valence-corrected chi connectivity index (χ0v) is 18.6. The van der Waals surface area contributed by atoms with Gasteiger partial charge < -0.3 is 9.64 Å². The van der Waals surface area contributed by atoms with Crippen LogP contribution in [0.5, 0.6) is 11.5 Å². The van der Waals surface area contributed by atoms with E-state index < -0.39 is 0 Å². The number of anilines is 1. The van der Waals surface area contributed by atoms with Gasteiger partial charge in [-0.1, -0.05) is 41.9 Å². The zero-order chi connectivity index (χ0) is 21.8. The number of hydrogen-bond donors (Lipinski definition) is 1. The average molecular weight is 450 g/mol. The molecule has 0 radical (unpaired) electrons. The van der Waals surface area contributed by atoms with Gasteiger partial charge in [0.1, 0.15) is 16.4 Å². The fourth-order valence-electron chi connectivity index (χ4n) is 2.96. The van der Waals surface area contributed by atoms with Gasteiger partial charge >= 0.3 is 0 Å². The lowest BCUT2D eigenvalue weighted by Crippen LogP contribution is -2.16. The van der Waals surface area contributed by atoms with Crippen molar-refractivity contribution in [3.05, 3.63) is 88.3 Å². The molecule has 156 valence electrons. The SMILES string of the molecule is CN(C)c1ccc(/C=N/NC(=O)c2sc3ccc(Oc4ccccc4)cc3c2Cl)cc1. The molecule has 7 heteroatoms. The van der Waals surface area contributed by atoms with Crippen LogP contribution in [0, 0.1) is 0 Å². The summed E-state index contributed by atoms with van der Waals surface area (Å²) in [5.74, 6) is 1.04. The molecule has 5 nitrogen and oxygen atoms in total. The van der Waals surface area contributed by atoms with Crippen LogP contribution in [0.3, 0.4) is 0 Å². The van der Waals surface area contributed by atoms with Crippen LogP contribution < -0.4 is 15.1 Å². The predicted octanol–water partition coefficient (Wildman–Crippen LogP) is 6.18. The number of fused-ring (bicyclic) bond motifs is 1. The van der Waals surface area contributed by atoms with E-state index in [2.05, 4.69) is 10.5 Å². The summed E-state index contributed by atoms with van der Waals surface area (Å²) in [6.07, 6.45) is 1.60. The van der Waals surface area contributed by atoms with E-state index in [9.17, 15) is 4.79 Å². The van der Waals surface area contributed by atoms with Crippen LogP contribution in [0.1, 0.15) is 15.2 Å². The number of para-hydroxylation sites is 1. The Hall–Kier alpha value is -3.35. The number of carbonyl (C=O) groups is 1. The summed E-state index contributed by atoms with van der Waals surface area (Å²) in [6, 6.07) is 23.0. The highest BCUT2D eigenvalue weighted by Crippen LogP contribution is 2.38. The van der Waals surface area contributed by atoms with Crippen molar-refractivity contribution in [3.8, 4) is 11.5 Å². The molecule has 0 atom stereocenters. The molecule has 0 spiro atoms. The molecule has 0 bridgehead atoms. The van der Waals surface area contributed by atoms with Gasteiger partial charge in [-0.3, -0.25) is 4.79 Å². The number of amides is 1. The number of nitrogens with one attached hydrogen (secondary N) is 1. The van der Waals surface area contributed by atoms with Crippen molar-refractivity contribution >= 4 is 50.8 Å². The van der Waals surface area contributed by atoms with Gasteiger partial charge in [0.05, 0.1) is 11.2 Å². The minimum atomic E-state index is -0.349. The molecule has 0 saturated carbocycles.